The Balaban J connectivity index is 3.52. The number of amides is 9. The molecule has 1 aliphatic heterocycles. The first-order valence-electron chi connectivity index (χ1n) is 20.5. The SMILES string of the molecule is CC[C@H](C)[C@@H]1NC(=O)[C@H](CC(C)C)NC(=O)CN(C(=O)[C@@H](NC(=O)[C@H](CC(C)C)NC(=O)[C@@H](N)CCSC)C(C)C)CCNC(=O)NCCCCN(CC(N)=O)C1=O. The van der Waals surface area contributed by atoms with Crippen molar-refractivity contribution in [2.24, 2.45) is 35.1 Å². The van der Waals surface area contributed by atoms with Crippen molar-refractivity contribution in [1.82, 2.24) is 41.7 Å². The summed E-state index contributed by atoms with van der Waals surface area (Å²) in [5.74, 6) is -4.38. The van der Waals surface area contributed by atoms with Crippen LogP contribution in [0.15, 0.2) is 0 Å². The fourth-order valence-electron chi connectivity index (χ4n) is 6.29. The average Bonchev–Trinajstić information content (AvgIpc) is 3.14. The minimum atomic E-state index is -1.13. The van der Waals surface area contributed by atoms with E-state index in [1.54, 1.807) is 32.5 Å². The van der Waals surface area contributed by atoms with Crippen molar-refractivity contribution >= 4 is 59.1 Å². The standard InChI is InChI=1S/C39H72N10O8S/c1-10-26(8)33-38(56)48(21-30(41)50)16-12-11-14-42-39(57)43-15-17-49(22-31(51)44-28(19-23(2)3)35(53)47-33)37(55)32(25(6)7)46-36(54)29(20-24(4)5)45-34(52)27(40)13-18-58-9/h23-29,32-33H,10-22,40H2,1-9H3,(H2,41,50)(H,44,51)(H,45,52)(H,46,54)(H,47,53)(H2,42,43,57)/t26-,27-,28-,29-,32-,33-/m0/s1. The molecule has 1 aliphatic rings. The molecule has 6 atom stereocenters. The van der Waals surface area contributed by atoms with Crippen molar-refractivity contribution in [1.29, 1.82) is 0 Å². The molecule has 0 saturated carbocycles. The molecule has 0 radical (unpaired) electrons. The van der Waals surface area contributed by atoms with Crippen LogP contribution < -0.4 is 43.4 Å². The number of carbonyl (C=O) groups excluding carboxylic acids is 8. The summed E-state index contributed by atoms with van der Waals surface area (Å²) in [6.45, 7) is 14.0. The molecule has 1 heterocycles. The molecular formula is C39H72N10O8S. The molecule has 0 aromatic carbocycles. The molecule has 0 bridgehead atoms. The van der Waals surface area contributed by atoms with Crippen molar-refractivity contribution in [3.8, 4) is 0 Å². The second-order valence-electron chi connectivity index (χ2n) is 16.3. The summed E-state index contributed by atoms with van der Waals surface area (Å²) >= 11 is 1.55. The fourth-order valence-corrected chi connectivity index (χ4v) is 6.78. The van der Waals surface area contributed by atoms with Gasteiger partial charge in [-0.15, -0.1) is 0 Å². The Morgan fingerprint density at radius 3 is 2.10 bits per heavy atom. The van der Waals surface area contributed by atoms with Gasteiger partial charge in [0.1, 0.15) is 24.2 Å². The molecule has 0 aliphatic carbocycles. The smallest absolute Gasteiger partial charge is 0.314 e. The van der Waals surface area contributed by atoms with E-state index in [1.807, 2.05) is 40.9 Å². The van der Waals surface area contributed by atoms with Crippen LogP contribution in [-0.2, 0) is 33.6 Å². The van der Waals surface area contributed by atoms with Crippen LogP contribution in [-0.4, -0.2) is 139 Å². The number of primary amides is 1. The maximum atomic E-state index is 14.3. The molecule has 18 nitrogen and oxygen atoms in total. The first-order chi connectivity index (χ1) is 27.2. The third-order valence-corrected chi connectivity index (χ3v) is 10.4. The number of hydrogen-bond donors (Lipinski definition) is 8. The van der Waals surface area contributed by atoms with Gasteiger partial charge >= 0.3 is 6.03 Å². The largest absolute Gasteiger partial charge is 0.368 e. The maximum Gasteiger partial charge on any atom is 0.314 e. The number of carbonyl (C=O) groups is 8. The summed E-state index contributed by atoms with van der Waals surface area (Å²) in [6, 6.07) is -5.58. The summed E-state index contributed by atoms with van der Waals surface area (Å²) < 4.78 is 0. The Morgan fingerprint density at radius 2 is 1.53 bits per heavy atom. The Morgan fingerprint density at radius 1 is 0.879 bits per heavy atom. The highest BCUT2D eigenvalue weighted by Gasteiger charge is 2.36. The molecule has 58 heavy (non-hydrogen) atoms. The monoisotopic (exact) mass is 841 g/mol. The highest BCUT2D eigenvalue weighted by atomic mass is 32.2. The Hall–Kier alpha value is -4.13. The topological polar surface area (TPSA) is 267 Å². The van der Waals surface area contributed by atoms with E-state index in [1.165, 1.54) is 9.80 Å². The zero-order valence-corrected chi connectivity index (χ0v) is 36.9. The third-order valence-electron chi connectivity index (χ3n) is 9.79. The van der Waals surface area contributed by atoms with Gasteiger partial charge in [0.05, 0.1) is 19.1 Å². The van der Waals surface area contributed by atoms with E-state index in [4.69, 9.17) is 11.5 Å². The first kappa shape index (κ1) is 51.9. The first-order valence-corrected chi connectivity index (χ1v) is 21.9. The quantitative estimate of drug-likeness (QED) is 0.0975. The Bertz CT molecular complexity index is 1380. The molecule has 9 amide bonds. The molecule has 0 aromatic rings. The van der Waals surface area contributed by atoms with Crippen molar-refractivity contribution in [2.75, 3.05) is 51.3 Å². The van der Waals surface area contributed by atoms with Crippen LogP contribution in [0.25, 0.3) is 0 Å². The number of nitrogens with two attached hydrogens (primary N) is 2. The molecule has 0 unspecified atom stereocenters. The highest BCUT2D eigenvalue weighted by molar-refractivity contribution is 7.98. The van der Waals surface area contributed by atoms with Crippen LogP contribution in [0.1, 0.15) is 93.9 Å². The zero-order valence-electron chi connectivity index (χ0n) is 36.1. The second-order valence-corrected chi connectivity index (χ2v) is 17.3. The van der Waals surface area contributed by atoms with Crippen molar-refractivity contribution < 1.29 is 38.4 Å². The van der Waals surface area contributed by atoms with E-state index in [0.29, 0.717) is 31.4 Å². The predicted octanol–water partition coefficient (Wildman–Crippen LogP) is 0.0358. The van der Waals surface area contributed by atoms with Gasteiger partial charge in [-0.3, -0.25) is 33.6 Å². The van der Waals surface area contributed by atoms with Crippen molar-refractivity contribution in [2.45, 2.75) is 124 Å². The van der Waals surface area contributed by atoms with Gasteiger partial charge in [0, 0.05) is 26.2 Å². The lowest BCUT2D eigenvalue weighted by molar-refractivity contribution is -0.142. The van der Waals surface area contributed by atoms with E-state index in [2.05, 4.69) is 31.9 Å². The molecule has 1 fully saturated rings. The molecular weight excluding hydrogens is 769 g/mol. The lowest BCUT2D eigenvalue weighted by Crippen LogP contribution is -2.60. The fraction of sp³-hybridized carbons (Fsp3) is 0.795. The van der Waals surface area contributed by atoms with Gasteiger partial charge in [-0.1, -0.05) is 61.8 Å². The van der Waals surface area contributed by atoms with E-state index >= 15 is 0 Å². The van der Waals surface area contributed by atoms with Gasteiger partial charge in [-0.25, -0.2) is 4.79 Å². The summed E-state index contributed by atoms with van der Waals surface area (Å²) in [5.41, 5.74) is 11.6. The van der Waals surface area contributed by atoms with Gasteiger partial charge < -0.3 is 53.2 Å². The lowest BCUT2D eigenvalue weighted by atomic mass is 9.96. The number of hydrogen-bond acceptors (Lipinski definition) is 10. The van der Waals surface area contributed by atoms with Crippen LogP contribution in [0.2, 0.25) is 0 Å². The minimum absolute atomic E-state index is 0.00567. The number of nitrogens with one attached hydrogen (secondary N) is 6. The number of urea groups is 1. The average molecular weight is 841 g/mol. The third kappa shape index (κ3) is 19.1. The molecule has 0 aromatic heterocycles. The zero-order chi connectivity index (χ0) is 44.1. The van der Waals surface area contributed by atoms with Gasteiger partial charge in [0.15, 0.2) is 0 Å². The van der Waals surface area contributed by atoms with Crippen molar-refractivity contribution in [3.63, 3.8) is 0 Å². The minimum Gasteiger partial charge on any atom is -0.368 e. The van der Waals surface area contributed by atoms with Crippen LogP contribution in [0, 0.1) is 23.7 Å². The van der Waals surface area contributed by atoms with Gasteiger partial charge in [-0.05, 0) is 67.8 Å². The predicted molar refractivity (Wildman–Crippen MR) is 225 cm³/mol. The van der Waals surface area contributed by atoms with Gasteiger partial charge in [0.2, 0.25) is 41.4 Å². The van der Waals surface area contributed by atoms with Crippen molar-refractivity contribution in [3.05, 3.63) is 0 Å². The number of nitrogens with zero attached hydrogens (tertiary/aromatic N) is 2. The molecule has 10 N–H and O–H groups in total. The second kappa shape index (κ2) is 26.8. The van der Waals surface area contributed by atoms with Gasteiger partial charge in [0.25, 0.3) is 0 Å². The molecule has 1 rings (SSSR count). The normalized spacial score (nSPS) is 20.4. The van der Waals surface area contributed by atoms with Crippen LogP contribution >= 0.6 is 11.8 Å². The van der Waals surface area contributed by atoms with E-state index in [-0.39, 0.29) is 63.3 Å². The highest BCUT2D eigenvalue weighted by Crippen LogP contribution is 2.15. The van der Waals surface area contributed by atoms with E-state index in [9.17, 15) is 38.4 Å². The number of rotatable bonds is 17. The van der Waals surface area contributed by atoms with Crippen LogP contribution in [0.3, 0.4) is 0 Å². The molecule has 19 heteroatoms. The number of thioether (sulfide) groups is 1. The summed E-state index contributed by atoms with van der Waals surface area (Å²) in [4.78, 5) is 110. The van der Waals surface area contributed by atoms with Crippen LogP contribution in [0.4, 0.5) is 4.79 Å². The summed E-state index contributed by atoms with van der Waals surface area (Å²) in [7, 11) is 0. The van der Waals surface area contributed by atoms with Gasteiger partial charge in [-0.2, -0.15) is 11.8 Å². The maximum absolute atomic E-state index is 14.3. The summed E-state index contributed by atoms with van der Waals surface area (Å²) in [5, 5.41) is 16.5. The summed E-state index contributed by atoms with van der Waals surface area (Å²) in [6.07, 6.45) is 4.20. The molecule has 1 saturated heterocycles. The molecule has 332 valence electrons. The van der Waals surface area contributed by atoms with E-state index < -0.39 is 90.1 Å². The Kier molecular flexibility index (Phi) is 24.0. The van der Waals surface area contributed by atoms with E-state index in [0.717, 1.165) is 0 Å². The van der Waals surface area contributed by atoms with Crippen LogP contribution in [0.5, 0.6) is 0 Å². The lowest BCUT2D eigenvalue weighted by Gasteiger charge is -2.32. The molecule has 0 spiro atoms. The Labute approximate surface area is 349 Å².